The molecule has 5 rings (SSSR count). The minimum absolute atomic E-state index is 0.180. The van der Waals surface area contributed by atoms with E-state index in [1.165, 1.54) is 24.6 Å². The highest BCUT2D eigenvalue weighted by Crippen LogP contribution is 2.35. The molecule has 3 atom stereocenters. The van der Waals surface area contributed by atoms with Gasteiger partial charge in [0.05, 0.1) is 6.54 Å². The maximum absolute atomic E-state index is 14.7. The average Bonchev–Trinajstić information content (AvgIpc) is 2.65. The van der Waals surface area contributed by atoms with Crippen molar-refractivity contribution in [1.82, 2.24) is 9.80 Å². The van der Waals surface area contributed by atoms with Crippen LogP contribution in [0.3, 0.4) is 0 Å². The van der Waals surface area contributed by atoms with Crippen molar-refractivity contribution in [1.29, 1.82) is 0 Å². The molecule has 2 bridgehead atoms. The molecule has 4 fully saturated rings. The monoisotopic (exact) mass is 411 g/mol. The summed E-state index contributed by atoms with van der Waals surface area (Å²) in [5, 5.41) is 2.96. The molecule has 154 valence electrons. The molecule has 3 heterocycles. The Morgan fingerprint density at radius 1 is 1.18 bits per heavy atom. The van der Waals surface area contributed by atoms with Crippen LogP contribution >= 0.6 is 11.6 Å². The average molecular weight is 412 g/mol. The van der Waals surface area contributed by atoms with Crippen LogP contribution in [0.25, 0.3) is 0 Å². The van der Waals surface area contributed by atoms with Crippen LogP contribution in [0.5, 0.6) is 0 Å². The van der Waals surface area contributed by atoms with Crippen molar-refractivity contribution in [3.8, 4) is 0 Å². The largest absolute Gasteiger partial charge is 0.325 e. The van der Waals surface area contributed by atoms with Crippen molar-refractivity contribution in [3.63, 3.8) is 0 Å². The quantitative estimate of drug-likeness (QED) is 0.765. The molecule has 1 aromatic rings. The van der Waals surface area contributed by atoms with Gasteiger partial charge >= 0.3 is 0 Å². The molecule has 1 saturated carbocycles. The third-order valence-electron chi connectivity index (χ3n) is 6.48. The summed E-state index contributed by atoms with van der Waals surface area (Å²) in [6, 6.07) is 4.68. The van der Waals surface area contributed by atoms with Gasteiger partial charge in [0.1, 0.15) is 12.0 Å². The Hall–Kier alpha value is -1.24. The summed E-state index contributed by atoms with van der Waals surface area (Å²) in [4.78, 5) is 16.7. The molecule has 1 aromatic carbocycles. The van der Waals surface area contributed by atoms with Crippen LogP contribution in [0.15, 0.2) is 18.2 Å². The lowest BCUT2D eigenvalue weighted by Crippen LogP contribution is -2.70. The second-order valence-corrected chi connectivity index (χ2v) is 8.99. The Balaban J connectivity index is 1.24. The molecule has 28 heavy (non-hydrogen) atoms. The van der Waals surface area contributed by atoms with Crippen LogP contribution in [0.4, 0.5) is 14.5 Å². The van der Waals surface area contributed by atoms with Gasteiger partial charge < -0.3 is 5.32 Å². The minimum Gasteiger partial charge on any atom is -0.325 e. The van der Waals surface area contributed by atoms with E-state index in [1.807, 2.05) is 0 Å². The number of nitrogens with zero attached hydrogens (tertiary/aromatic N) is 2. The van der Waals surface area contributed by atoms with Gasteiger partial charge in [0.25, 0.3) is 0 Å². The second-order valence-electron chi connectivity index (χ2n) is 8.55. The zero-order chi connectivity index (χ0) is 19.7. The van der Waals surface area contributed by atoms with Gasteiger partial charge in [0.15, 0.2) is 0 Å². The number of benzene rings is 1. The first kappa shape index (κ1) is 20.0. The first-order chi connectivity index (χ1) is 13.5. The van der Waals surface area contributed by atoms with E-state index in [1.54, 1.807) is 0 Å². The smallest absolute Gasteiger partial charge is 0.238 e. The van der Waals surface area contributed by atoms with Crippen molar-refractivity contribution in [2.24, 2.45) is 5.92 Å². The maximum Gasteiger partial charge on any atom is 0.238 e. The van der Waals surface area contributed by atoms with Crippen LogP contribution in [0, 0.1) is 11.7 Å². The van der Waals surface area contributed by atoms with Crippen molar-refractivity contribution in [2.75, 3.05) is 31.5 Å². The van der Waals surface area contributed by atoms with E-state index in [4.69, 9.17) is 11.6 Å². The summed E-state index contributed by atoms with van der Waals surface area (Å²) in [5.41, 5.74) is 0.367. The summed E-state index contributed by atoms with van der Waals surface area (Å²) >= 11 is 5.83. The molecular formula is C21H28ClF2N3O. The second kappa shape index (κ2) is 8.64. The Bertz CT molecular complexity index is 681. The number of carbonyl (C=O) groups excluding carboxylic acids is 1. The van der Waals surface area contributed by atoms with E-state index in [0.29, 0.717) is 24.3 Å². The summed E-state index contributed by atoms with van der Waals surface area (Å²) in [7, 11) is 0. The number of halogens is 3. The predicted octanol–water partition coefficient (Wildman–Crippen LogP) is 4.09. The molecule has 1 N–H and O–H groups in total. The lowest BCUT2D eigenvalue weighted by molar-refractivity contribution is -0.122. The van der Waals surface area contributed by atoms with Crippen LogP contribution in [0.2, 0.25) is 5.02 Å². The molecule has 1 amide bonds. The fraction of sp³-hybridized carbons (Fsp3) is 0.667. The molecule has 1 aliphatic carbocycles. The van der Waals surface area contributed by atoms with Crippen molar-refractivity contribution in [2.45, 2.75) is 56.8 Å². The van der Waals surface area contributed by atoms with Crippen LogP contribution < -0.4 is 5.32 Å². The van der Waals surface area contributed by atoms with Gasteiger partial charge in [-0.1, -0.05) is 30.9 Å². The van der Waals surface area contributed by atoms with Crippen LogP contribution in [0.1, 0.15) is 38.5 Å². The van der Waals surface area contributed by atoms with Crippen molar-refractivity contribution < 1.29 is 13.6 Å². The van der Waals surface area contributed by atoms with Gasteiger partial charge in [-0.3, -0.25) is 14.6 Å². The lowest BCUT2D eigenvalue weighted by atomic mass is 9.83. The predicted molar refractivity (Wildman–Crippen MR) is 107 cm³/mol. The third-order valence-corrected chi connectivity index (χ3v) is 6.70. The molecule has 0 spiro atoms. The minimum atomic E-state index is -0.724. The van der Waals surface area contributed by atoms with Crippen molar-refractivity contribution >= 4 is 23.2 Å². The molecule has 0 aromatic heterocycles. The molecule has 0 radical (unpaired) electrons. The Kier molecular flexibility index (Phi) is 6.18. The number of fused-ring (bicyclic) bond motifs is 2. The number of hydrogen-bond acceptors (Lipinski definition) is 3. The summed E-state index contributed by atoms with van der Waals surface area (Å²) in [6.07, 6.45) is 6.00. The number of piperidine rings is 1. The summed E-state index contributed by atoms with van der Waals surface area (Å²) < 4.78 is 28.1. The molecular weight excluding hydrogens is 384 g/mol. The van der Waals surface area contributed by atoms with Gasteiger partial charge in [-0.25, -0.2) is 8.78 Å². The van der Waals surface area contributed by atoms with E-state index in [2.05, 4.69) is 15.1 Å². The number of anilines is 1. The Labute approximate surface area is 170 Å². The highest BCUT2D eigenvalue weighted by atomic mass is 35.5. The van der Waals surface area contributed by atoms with Gasteiger partial charge in [0.2, 0.25) is 5.91 Å². The summed E-state index contributed by atoms with van der Waals surface area (Å²) in [6.45, 7) is 2.37. The van der Waals surface area contributed by atoms with Gasteiger partial charge in [-0.05, 0) is 43.4 Å². The number of rotatable bonds is 6. The zero-order valence-corrected chi connectivity index (χ0v) is 16.8. The van der Waals surface area contributed by atoms with E-state index in [9.17, 15) is 13.6 Å². The fourth-order valence-corrected chi connectivity index (χ4v) is 5.30. The summed E-state index contributed by atoms with van der Waals surface area (Å²) in [5.74, 6) is -0.424. The number of piperazine rings is 1. The van der Waals surface area contributed by atoms with E-state index in [0.717, 1.165) is 45.2 Å². The number of hydrogen-bond donors (Lipinski definition) is 1. The zero-order valence-electron chi connectivity index (χ0n) is 16.0. The van der Waals surface area contributed by atoms with Gasteiger partial charge in [-0.15, -0.1) is 0 Å². The Morgan fingerprint density at radius 3 is 2.57 bits per heavy atom. The SMILES string of the molecule is O=C(CN1CC2CC(C1)N2CC(F)C1CCCCC1)Nc1cc(F)cc(Cl)c1. The van der Waals surface area contributed by atoms with Crippen LogP contribution in [-0.4, -0.2) is 60.1 Å². The van der Waals surface area contributed by atoms with E-state index in [-0.39, 0.29) is 23.4 Å². The standard InChI is InChI=1S/C21H28ClF2N3O/c22-15-6-16(23)8-17(7-15)25-21(28)13-26-10-18-9-19(11-26)27(18)12-20(24)14-4-2-1-3-5-14/h6-8,14,18-20H,1-5,9-13H2,(H,25,28). The van der Waals surface area contributed by atoms with Gasteiger partial charge in [0, 0.05) is 42.4 Å². The first-order valence-corrected chi connectivity index (χ1v) is 10.7. The van der Waals surface area contributed by atoms with E-state index >= 15 is 0 Å². The number of amides is 1. The first-order valence-electron chi connectivity index (χ1n) is 10.4. The topological polar surface area (TPSA) is 35.6 Å². The number of nitrogens with one attached hydrogen (secondary N) is 1. The normalized spacial score (nSPS) is 27.2. The number of alkyl halides is 1. The molecule has 3 aliphatic heterocycles. The highest BCUT2D eigenvalue weighted by molar-refractivity contribution is 6.30. The number of carbonyl (C=O) groups is 1. The molecule has 3 saturated heterocycles. The van der Waals surface area contributed by atoms with E-state index < -0.39 is 12.0 Å². The lowest BCUT2D eigenvalue weighted by Gasteiger charge is -2.57. The molecule has 4 aliphatic rings. The molecule has 4 nitrogen and oxygen atoms in total. The molecule has 3 unspecified atom stereocenters. The van der Waals surface area contributed by atoms with Crippen LogP contribution in [-0.2, 0) is 4.79 Å². The molecule has 7 heteroatoms. The third kappa shape index (κ3) is 4.66. The maximum atomic E-state index is 14.7. The van der Waals surface area contributed by atoms with Gasteiger partial charge in [-0.2, -0.15) is 0 Å². The van der Waals surface area contributed by atoms with Crippen molar-refractivity contribution in [3.05, 3.63) is 29.0 Å². The Morgan fingerprint density at radius 2 is 1.89 bits per heavy atom. The fourth-order valence-electron chi connectivity index (χ4n) is 5.08. The highest BCUT2D eigenvalue weighted by Gasteiger charge is 2.46.